The molecular formula is C26H19I2N3O4. The van der Waals surface area contributed by atoms with E-state index in [0.29, 0.717) is 6.61 Å². The van der Waals surface area contributed by atoms with Gasteiger partial charge in [0.05, 0.1) is 24.7 Å². The van der Waals surface area contributed by atoms with Crippen LogP contribution in [0.3, 0.4) is 0 Å². The molecule has 7 nitrogen and oxygen atoms in total. The number of nitro groups is 1. The Hall–Kier alpha value is -3.06. The molecule has 0 aromatic heterocycles. The van der Waals surface area contributed by atoms with Crippen LogP contribution >= 0.6 is 45.2 Å². The molecule has 35 heavy (non-hydrogen) atoms. The molecule has 0 saturated carbocycles. The molecule has 0 bridgehead atoms. The van der Waals surface area contributed by atoms with Gasteiger partial charge < -0.3 is 4.74 Å². The first-order chi connectivity index (χ1) is 16.9. The van der Waals surface area contributed by atoms with Crippen LogP contribution in [0.4, 0.5) is 5.69 Å². The molecule has 176 valence electrons. The average molecular weight is 691 g/mol. The summed E-state index contributed by atoms with van der Waals surface area (Å²) in [6, 6.07) is 24.0. The molecule has 4 aromatic rings. The van der Waals surface area contributed by atoms with Gasteiger partial charge in [-0.2, -0.15) is 5.10 Å². The Bertz CT molecular complexity index is 1390. The Kier molecular flexibility index (Phi) is 8.29. The number of nitro benzene ring substituents is 1. The van der Waals surface area contributed by atoms with Crippen molar-refractivity contribution >= 4 is 73.8 Å². The zero-order chi connectivity index (χ0) is 24.8. The van der Waals surface area contributed by atoms with Gasteiger partial charge in [-0.05, 0) is 96.9 Å². The number of carbonyl (C=O) groups excluding carboxylic acids is 1. The minimum atomic E-state index is -0.428. The van der Waals surface area contributed by atoms with E-state index in [4.69, 9.17) is 4.74 Å². The first-order valence-corrected chi connectivity index (χ1v) is 12.7. The third kappa shape index (κ3) is 6.54. The molecule has 0 fully saturated rings. The van der Waals surface area contributed by atoms with E-state index in [-0.39, 0.29) is 18.0 Å². The Labute approximate surface area is 229 Å². The van der Waals surface area contributed by atoms with Gasteiger partial charge in [0.25, 0.3) is 5.69 Å². The minimum Gasteiger partial charge on any atom is -0.487 e. The maximum Gasteiger partial charge on any atom is 0.269 e. The fraction of sp³-hybridized carbons (Fsp3) is 0.0769. The molecule has 0 saturated heterocycles. The smallest absolute Gasteiger partial charge is 0.269 e. The largest absolute Gasteiger partial charge is 0.487 e. The zero-order valence-electron chi connectivity index (χ0n) is 18.3. The molecule has 0 radical (unpaired) electrons. The van der Waals surface area contributed by atoms with Crippen LogP contribution < -0.4 is 10.2 Å². The van der Waals surface area contributed by atoms with Crippen LogP contribution in [0.5, 0.6) is 5.75 Å². The standard InChI is InChI=1S/C26H19I2N3O4/c27-23-12-18(13-24(28)26(23)35-16-17-8-10-21(11-9-17)31(33)34)15-29-30-25(32)14-20-6-3-5-19-4-1-2-7-22(19)20/h1-13,15H,14,16H2,(H,30,32). The minimum absolute atomic E-state index is 0.0470. The molecule has 1 amide bonds. The fourth-order valence-corrected chi connectivity index (χ4v) is 5.63. The maximum atomic E-state index is 12.4. The lowest BCUT2D eigenvalue weighted by atomic mass is 10.0. The second-order valence-corrected chi connectivity index (χ2v) is 9.96. The summed E-state index contributed by atoms with van der Waals surface area (Å²) in [5.41, 5.74) is 5.26. The van der Waals surface area contributed by atoms with Crippen molar-refractivity contribution in [3.63, 3.8) is 0 Å². The van der Waals surface area contributed by atoms with Crippen molar-refractivity contribution in [3.8, 4) is 5.75 Å². The second-order valence-electron chi connectivity index (χ2n) is 7.63. The third-order valence-corrected chi connectivity index (χ3v) is 6.79. The number of hydrazone groups is 1. The van der Waals surface area contributed by atoms with Crippen molar-refractivity contribution in [2.24, 2.45) is 5.10 Å². The summed E-state index contributed by atoms with van der Waals surface area (Å²) in [6.45, 7) is 0.293. The van der Waals surface area contributed by atoms with E-state index in [9.17, 15) is 14.9 Å². The second kappa shape index (κ2) is 11.6. The fourth-order valence-electron chi connectivity index (χ4n) is 3.50. The number of fused-ring (bicyclic) bond motifs is 1. The number of hydrogen-bond acceptors (Lipinski definition) is 5. The van der Waals surface area contributed by atoms with Crippen LogP contribution in [0.2, 0.25) is 0 Å². The number of amides is 1. The highest BCUT2D eigenvalue weighted by Gasteiger charge is 2.11. The molecule has 0 spiro atoms. The molecule has 0 atom stereocenters. The van der Waals surface area contributed by atoms with E-state index in [1.165, 1.54) is 12.1 Å². The van der Waals surface area contributed by atoms with E-state index in [0.717, 1.165) is 40.4 Å². The summed E-state index contributed by atoms with van der Waals surface area (Å²) >= 11 is 4.38. The van der Waals surface area contributed by atoms with Crippen molar-refractivity contribution in [1.82, 2.24) is 5.43 Å². The zero-order valence-corrected chi connectivity index (χ0v) is 22.6. The van der Waals surface area contributed by atoms with Crippen LogP contribution in [0.1, 0.15) is 16.7 Å². The predicted octanol–water partition coefficient (Wildman–Crippen LogP) is 6.23. The van der Waals surface area contributed by atoms with E-state index in [1.807, 2.05) is 54.6 Å². The molecular weight excluding hydrogens is 672 g/mol. The van der Waals surface area contributed by atoms with Crippen LogP contribution in [0.15, 0.2) is 84.0 Å². The van der Waals surface area contributed by atoms with Crippen LogP contribution in [-0.2, 0) is 17.8 Å². The van der Waals surface area contributed by atoms with Gasteiger partial charge >= 0.3 is 0 Å². The van der Waals surface area contributed by atoms with Crippen molar-refractivity contribution in [3.05, 3.63) is 113 Å². The number of hydrogen-bond donors (Lipinski definition) is 1. The van der Waals surface area contributed by atoms with E-state index < -0.39 is 4.92 Å². The number of benzene rings is 4. The summed E-state index contributed by atoms with van der Waals surface area (Å²) in [6.07, 6.45) is 1.84. The lowest BCUT2D eigenvalue weighted by Gasteiger charge is -2.11. The van der Waals surface area contributed by atoms with Gasteiger partial charge in [0.2, 0.25) is 5.91 Å². The summed E-state index contributed by atoms with van der Waals surface area (Å²) in [5, 5.41) is 17.1. The van der Waals surface area contributed by atoms with Crippen LogP contribution in [0.25, 0.3) is 10.8 Å². The molecule has 9 heteroatoms. The Balaban J connectivity index is 1.36. The first-order valence-electron chi connectivity index (χ1n) is 10.5. The van der Waals surface area contributed by atoms with Gasteiger partial charge in [0.15, 0.2) is 0 Å². The molecule has 0 aliphatic heterocycles. The van der Waals surface area contributed by atoms with Crippen molar-refractivity contribution in [2.45, 2.75) is 13.0 Å². The maximum absolute atomic E-state index is 12.4. The first kappa shape index (κ1) is 25.0. The average Bonchev–Trinajstić information content (AvgIpc) is 2.84. The van der Waals surface area contributed by atoms with Gasteiger partial charge in [-0.1, -0.05) is 42.5 Å². The van der Waals surface area contributed by atoms with Crippen molar-refractivity contribution < 1.29 is 14.5 Å². The molecule has 0 heterocycles. The Morgan fingerprint density at radius 1 is 1.00 bits per heavy atom. The van der Waals surface area contributed by atoms with E-state index in [2.05, 4.69) is 55.7 Å². The highest BCUT2D eigenvalue weighted by molar-refractivity contribution is 14.1. The van der Waals surface area contributed by atoms with Crippen molar-refractivity contribution in [2.75, 3.05) is 0 Å². The number of carbonyl (C=O) groups is 1. The summed E-state index contributed by atoms with van der Waals surface area (Å²) in [4.78, 5) is 22.8. The van der Waals surface area contributed by atoms with E-state index in [1.54, 1.807) is 18.3 Å². The number of ether oxygens (including phenoxy) is 1. The normalized spacial score (nSPS) is 11.0. The Morgan fingerprint density at radius 2 is 1.69 bits per heavy atom. The number of halogens is 2. The lowest BCUT2D eigenvalue weighted by molar-refractivity contribution is -0.384. The number of nitrogens with zero attached hydrogens (tertiary/aromatic N) is 2. The monoisotopic (exact) mass is 691 g/mol. The number of non-ortho nitro benzene ring substituents is 1. The van der Waals surface area contributed by atoms with Gasteiger partial charge in [-0.25, -0.2) is 5.43 Å². The quantitative estimate of drug-likeness (QED) is 0.103. The van der Waals surface area contributed by atoms with Gasteiger partial charge in [-0.3, -0.25) is 14.9 Å². The Morgan fingerprint density at radius 3 is 2.40 bits per heavy atom. The molecule has 1 N–H and O–H groups in total. The van der Waals surface area contributed by atoms with Crippen molar-refractivity contribution in [1.29, 1.82) is 0 Å². The molecule has 4 rings (SSSR count). The summed E-state index contributed by atoms with van der Waals surface area (Å²) < 4.78 is 7.73. The van der Waals surface area contributed by atoms with Gasteiger partial charge in [-0.15, -0.1) is 0 Å². The third-order valence-electron chi connectivity index (χ3n) is 5.18. The highest BCUT2D eigenvalue weighted by atomic mass is 127. The molecule has 0 aliphatic carbocycles. The molecule has 4 aromatic carbocycles. The number of rotatable bonds is 8. The van der Waals surface area contributed by atoms with Crippen LogP contribution in [-0.4, -0.2) is 17.0 Å². The lowest BCUT2D eigenvalue weighted by Crippen LogP contribution is -2.19. The predicted molar refractivity (Wildman–Crippen MR) is 153 cm³/mol. The topological polar surface area (TPSA) is 93.8 Å². The molecule has 0 unspecified atom stereocenters. The SMILES string of the molecule is O=C(Cc1cccc2ccccc12)NN=Cc1cc(I)c(OCc2ccc([N+](=O)[O-])cc2)c(I)c1. The molecule has 0 aliphatic rings. The highest BCUT2D eigenvalue weighted by Crippen LogP contribution is 2.29. The van der Waals surface area contributed by atoms with E-state index >= 15 is 0 Å². The summed E-state index contributed by atoms with van der Waals surface area (Å²) in [7, 11) is 0. The van der Waals surface area contributed by atoms with Gasteiger partial charge in [0, 0.05) is 12.1 Å². The summed E-state index contributed by atoms with van der Waals surface area (Å²) in [5.74, 6) is 0.534. The number of nitrogens with one attached hydrogen (secondary N) is 1. The van der Waals surface area contributed by atoms with Gasteiger partial charge in [0.1, 0.15) is 12.4 Å². The van der Waals surface area contributed by atoms with Crippen LogP contribution in [0, 0.1) is 17.3 Å².